The number of halogens is 2. The van der Waals surface area contributed by atoms with E-state index in [0.29, 0.717) is 30.3 Å². The van der Waals surface area contributed by atoms with Gasteiger partial charge < -0.3 is 11.3 Å². The summed E-state index contributed by atoms with van der Waals surface area (Å²) in [4.78, 5) is 15.5. The Hall–Kier alpha value is -3.00. The van der Waals surface area contributed by atoms with Crippen molar-refractivity contribution in [1.82, 2.24) is 9.55 Å². The average Bonchev–Trinajstić information content (AvgIpc) is 3.26. The molecule has 4 aromatic rings. The van der Waals surface area contributed by atoms with E-state index in [1.807, 2.05) is 34.9 Å². The third-order valence-electron chi connectivity index (χ3n) is 5.86. The van der Waals surface area contributed by atoms with Gasteiger partial charge in [0.05, 0.1) is 18.0 Å². The predicted octanol–water partition coefficient (Wildman–Crippen LogP) is 4.41. The molecular weight excluding hydrogens is 485 g/mol. The molecule has 1 aromatic heterocycles. The van der Waals surface area contributed by atoms with Crippen molar-refractivity contribution in [1.29, 1.82) is 0 Å². The number of imidazole rings is 1. The number of hydrogen-bond acceptors (Lipinski definition) is 3. The Kier molecular flexibility index (Phi) is 10.9. The van der Waals surface area contributed by atoms with E-state index >= 15 is 0 Å². The Balaban J connectivity index is 0.00000253. The number of carboxylic acids is 1. The number of carbonyl (C=O) groups is 1. The summed E-state index contributed by atoms with van der Waals surface area (Å²) in [5.41, 5.74) is 3.63. The number of carboxylic acid groups (broad SMARTS) is 1. The summed E-state index contributed by atoms with van der Waals surface area (Å²) >= 11 is 0. The Morgan fingerprint density at radius 3 is 2.00 bits per heavy atom. The Labute approximate surface area is 238 Å². The van der Waals surface area contributed by atoms with Crippen molar-refractivity contribution in [2.75, 3.05) is 6.61 Å². The second kappa shape index (κ2) is 14.1. The molecule has 0 radical (unpaired) electrons. The molecule has 1 N–H and O–H groups in total. The molecule has 37 heavy (non-hydrogen) atoms. The SMILES string of the molecule is O=C(O)CCCCCCCOc1nc(-c2ccc(F)cc2)c(-c2ccc(F)cc2)n1-c1ccccc1.[H-].[Na+]. The number of aliphatic carboxylic acids is 1. The van der Waals surface area contributed by atoms with E-state index in [0.717, 1.165) is 42.6 Å². The molecule has 0 aliphatic rings. The van der Waals surface area contributed by atoms with Crippen LogP contribution < -0.4 is 34.3 Å². The first kappa shape index (κ1) is 28.6. The van der Waals surface area contributed by atoms with Crippen LogP contribution in [0, 0.1) is 11.6 Å². The predicted molar refractivity (Wildman–Crippen MR) is 136 cm³/mol. The summed E-state index contributed by atoms with van der Waals surface area (Å²) in [7, 11) is 0. The zero-order chi connectivity index (χ0) is 25.3. The van der Waals surface area contributed by atoms with Crippen molar-refractivity contribution in [3.8, 4) is 34.2 Å². The molecule has 0 atom stereocenters. The number of ether oxygens (including phenoxy) is 1. The molecule has 1 heterocycles. The van der Waals surface area contributed by atoms with Gasteiger partial charge in [0.25, 0.3) is 0 Å². The number of hydrogen-bond donors (Lipinski definition) is 1. The first-order chi connectivity index (χ1) is 17.5. The van der Waals surface area contributed by atoms with Crippen LogP contribution in [0.25, 0.3) is 28.2 Å². The maximum absolute atomic E-state index is 13.7. The van der Waals surface area contributed by atoms with Gasteiger partial charge in [-0.15, -0.1) is 0 Å². The standard InChI is InChI=1S/C29H28F2N2O3.Na.H/c30-23-16-12-21(13-17-23)27-28(22-14-18-24(31)19-15-22)33(25-9-5-4-6-10-25)29(32-27)36-20-8-3-1-2-7-11-26(34)35;;/h4-6,9-10,12-19H,1-3,7-8,11,20H2,(H,34,35);;/q;+1;-1. The fourth-order valence-corrected chi connectivity index (χ4v) is 4.07. The number of benzene rings is 3. The first-order valence-corrected chi connectivity index (χ1v) is 12.1. The van der Waals surface area contributed by atoms with Gasteiger partial charge in [-0.1, -0.05) is 37.5 Å². The molecule has 3 aromatic carbocycles. The smallest absolute Gasteiger partial charge is 1.00 e. The number of rotatable bonds is 12. The van der Waals surface area contributed by atoms with Crippen molar-refractivity contribution in [2.45, 2.75) is 38.5 Å². The van der Waals surface area contributed by atoms with Crippen molar-refractivity contribution in [2.24, 2.45) is 0 Å². The summed E-state index contributed by atoms with van der Waals surface area (Å²) < 4.78 is 35.5. The summed E-state index contributed by atoms with van der Waals surface area (Å²) in [6.07, 6.45) is 4.40. The largest absolute Gasteiger partial charge is 1.00 e. The van der Waals surface area contributed by atoms with Gasteiger partial charge in [-0.25, -0.2) is 8.78 Å². The molecule has 0 saturated carbocycles. The minimum absolute atomic E-state index is 0. The van der Waals surface area contributed by atoms with Crippen molar-refractivity contribution >= 4 is 5.97 Å². The molecular formula is C29H29F2N2NaO3. The maximum Gasteiger partial charge on any atom is 1.00 e. The summed E-state index contributed by atoms with van der Waals surface area (Å²) in [5.74, 6) is -1.45. The van der Waals surface area contributed by atoms with Crippen LogP contribution in [0.5, 0.6) is 6.01 Å². The minimum atomic E-state index is -0.764. The molecule has 5 nitrogen and oxygen atoms in total. The van der Waals surface area contributed by atoms with E-state index in [2.05, 4.69) is 0 Å². The van der Waals surface area contributed by atoms with E-state index in [9.17, 15) is 13.6 Å². The average molecular weight is 515 g/mol. The van der Waals surface area contributed by atoms with E-state index in [-0.39, 0.29) is 49.0 Å². The summed E-state index contributed by atoms with van der Waals surface area (Å²) in [6, 6.07) is 22.3. The van der Waals surface area contributed by atoms with Crippen LogP contribution in [-0.4, -0.2) is 27.2 Å². The molecule has 0 fully saturated rings. The van der Waals surface area contributed by atoms with Crippen molar-refractivity contribution in [3.63, 3.8) is 0 Å². The third-order valence-corrected chi connectivity index (χ3v) is 5.86. The van der Waals surface area contributed by atoms with Gasteiger partial charge in [0.2, 0.25) is 0 Å². The van der Waals surface area contributed by atoms with Gasteiger partial charge in [-0.05, 0) is 73.5 Å². The van der Waals surface area contributed by atoms with Crippen LogP contribution in [0.3, 0.4) is 0 Å². The van der Waals surface area contributed by atoms with Crippen molar-refractivity contribution < 1.29 is 54.4 Å². The molecule has 8 heteroatoms. The fourth-order valence-electron chi connectivity index (χ4n) is 4.07. The second-order valence-electron chi connectivity index (χ2n) is 8.54. The van der Waals surface area contributed by atoms with Crippen LogP contribution in [0.1, 0.15) is 40.0 Å². The Morgan fingerprint density at radius 2 is 1.38 bits per heavy atom. The molecule has 0 spiro atoms. The normalized spacial score (nSPS) is 10.6. The monoisotopic (exact) mass is 514 g/mol. The first-order valence-electron chi connectivity index (χ1n) is 12.1. The molecule has 0 aliphatic heterocycles. The fraction of sp³-hybridized carbons (Fsp3) is 0.241. The summed E-state index contributed by atoms with van der Waals surface area (Å²) in [5, 5.41) is 8.75. The van der Waals surface area contributed by atoms with Gasteiger partial charge in [0, 0.05) is 17.5 Å². The topological polar surface area (TPSA) is 64.3 Å². The van der Waals surface area contributed by atoms with Gasteiger partial charge >= 0.3 is 41.5 Å². The molecule has 188 valence electrons. The van der Waals surface area contributed by atoms with Crippen LogP contribution >= 0.6 is 0 Å². The van der Waals surface area contributed by atoms with E-state index < -0.39 is 5.97 Å². The molecule has 0 saturated heterocycles. The number of unbranched alkanes of at least 4 members (excludes halogenated alkanes) is 4. The van der Waals surface area contributed by atoms with E-state index in [1.54, 1.807) is 24.3 Å². The summed E-state index contributed by atoms with van der Waals surface area (Å²) in [6.45, 7) is 0.439. The van der Waals surface area contributed by atoms with E-state index in [4.69, 9.17) is 14.8 Å². The molecule has 0 amide bonds. The second-order valence-corrected chi connectivity index (χ2v) is 8.54. The molecule has 0 unspecified atom stereocenters. The molecule has 4 rings (SSSR count). The van der Waals surface area contributed by atoms with E-state index in [1.165, 1.54) is 24.3 Å². The van der Waals surface area contributed by atoms with Crippen LogP contribution in [0.2, 0.25) is 0 Å². The zero-order valence-electron chi connectivity index (χ0n) is 21.9. The van der Waals surface area contributed by atoms with Crippen LogP contribution in [0.15, 0.2) is 78.9 Å². The molecule has 0 aliphatic carbocycles. The number of para-hydroxylation sites is 1. The van der Waals surface area contributed by atoms with Crippen LogP contribution in [0.4, 0.5) is 8.78 Å². The zero-order valence-corrected chi connectivity index (χ0v) is 22.9. The van der Waals surface area contributed by atoms with Crippen molar-refractivity contribution in [3.05, 3.63) is 90.5 Å². The maximum atomic E-state index is 13.7. The third kappa shape index (κ3) is 7.74. The van der Waals surface area contributed by atoms with Gasteiger partial charge in [-0.3, -0.25) is 9.36 Å². The molecule has 0 bridgehead atoms. The number of nitrogens with zero attached hydrogens (tertiary/aromatic N) is 2. The van der Waals surface area contributed by atoms with Gasteiger partial charge in [0.1, 0.15) is 17.3 Å². The minimum Gasteiger partial charge on any atom is -1.00 e. The van der Waals surface area contributed by atoms with Gasteiger partial charge in [0.15, 0.2) is 0 Å². The van der Waals surface area contributed by atoms with Gasteiger partial charge in [-0.2, -0.15) is 4.98 Å². The number of aromatic nitrogens is 2. The Morgan fingerprint density at radius 1 is 0.811 bits per heavy atom. The van der Waals surface area contributed by atoms with Crippen LogP contribution in [-0.2, 0) is 4.79 Å². The Bertz CT molecular complexity index is 1280. The quantitative estimate of drug-likeness (QED) is 0.225.